The van der Waals surface area contributed by atoms with Crippen LogP contribution < -0.4 is 15.5 Å². The van der Waals surface area contributed by atoms with Gasteiger partial charge in [-0.25, -0.2) is 5.43 Å². The number of aryl methyl sites for hydroxylation is 1. The number of hydrazone groups is 1. The Morgan fingerprint density at radius 3 is 2.60 bits per heavy atom. The number of methoxy groups -OCH3 is 1. The number of halogens is 2. The van der Waals surface area contributed by atoms with Gasteiger partial charge in [0.1, 0.15) is 11.5 Å². The second-order valence-corrected chi connectivity index (χ2v) is 6.88. The van der Waals surface area contributed by atoms with E-state index in [9.17, 15) is 9.90 Å². The number of nitrogens with zero attached hydrogens (tertiary/aromatic N) is 1. The molecule has 25 heavy (non-hydrogen) atoms. The summed E-state index contributed by atoms with van der Waals surface area (Å²) in [5, 5.41) is 16.6. The SMILES string of the molecule is COc1ccc(O)c(/C=N/NC(=O)CNc2c(Br)cc(C)cc2Br)c1. The Hall–Kier alpha value is -2.06. The van der Waals surface area contributed by atoms with E-state index >= 15 is 0 Å². The number of carbonyl (C=O) groups excluding carboxylic acids is 1. The number of carbonyl (C=O) groups is 1. The summed E-state index contributed by atoms with van der Waals surface area (Å²) in [6.45, 7) is 2.02. The number of nitrogens with one attached hydrogen (secondary N) is 2. The van der Waals surface area contributed by atoms with E-state index < -0.39 is 0 Å². The van der Waals surface area contributed by atoms with E-state index in [0.29, 0.717) is 11.3 Å². The molecular formula is C17H17Br2N3O3. The number of amides is 1. The summed E-state index contributed by atoms with van der Waals surface area (Å²) in [5.41, 5.74) is 4.72. The van der Waals surface area contributed by atoms with Gasteiger partial charge in [-0.05, 0) is 74.7 Å². The molecule has 0 heterocycles. The number of rotatable bonds is 6. The number of phenols is 1. The third-order valence-electron chi connectivity index (χ3n) is 3.24. The topological polar surface area (TPSA) is 83.0 Å². The van der Waals surface area contributed by atoms with Crippen LogP contribution in [0.3, 0.4) is 0 Å². The summed E-state index contributed by atoms with van der Waals surface area (Å²) >= 11 is 6.92. The van der Waals surface area contributed by atoms with Crippen LogP contribution in [-0.4, -0.2) is 30.9 Å². The minimum atomic E-state index is -0.321. The molecule has 2 aromatic carbocycles. The van der Waals surface area contributed by atoms with Gasteiger partial charge in [-0.3, -0.25) is 4.79 Å². The van der Waals surface area contributed by atoms with E-state index in [2.05, 4.69) is 47.7 Å². The van der Waals surface area contributed by atoms with Crippen LogP contribution in [0, 0.1) is 6.92 Å². The molecule has 0 spiro atoms. The molecule has 8 heteroatoms. The number of aromatic hydroxyl groups is 1. The maximum atomic E-state index is 11.9. The van der Waals surface area contributed by atoms with Crippen molar-refractivity contribution in [3.8, 4) is 11.5 Å². The van der Waals surface area contributed by atoms with E-state index in [1.165, 1.54) is 19.4 Å². The van der Waals surface area contributed by atoms with Gasteiger partial charge in [0, 0.05) is 14.5 Å². The smallest absolute Gasteiger partial charge is 0.259 e. The first kappa shape index (κ1) is 19.3. The predicted octanol–water partition coefficient (Wildman–Crippen LogP) is 3.80. The van der Waals surface area contributed by atoms with Crippen molar-refractivity contribution in [1.29, 1.82) is 0 Å². The predicted molar refractivity (Wildman–Crippen MR) is 105 cm³/mol. The van der Waals surface area contributed by atoms with Crippen molar-refractivity contribution in [1.82, 2.24) is 5.43 Å². The van der Waals surface area contributed by atoms with Gasteiger partial charge in [-0.2, -0.15) is 5.10 Å². The van der Waals surface area contributed by atoms with E-state index in [0.717, 1.165) is 20.2 Å². The van der Waals surface area contributed by atoms with Crippen LogP contribution in [0.2, 0.25) is 0 Å². The number of phenolic OH excluding ortho intramolecular Hbond substituents is 1. The van der Waals surface area contributed by atoms with Gasteiger partial charge in [0.2, 0.25) is 0 Å². The first-order valence-electron chi connectivity index (χ1n) is 7.29. The van der Waals surface area contributed by atoms with Gasteiger partial charge in [0.25, 0.3) is 5.91 Å². The number of anilines is 1. The molecule has 0 aliphatic heterocycles. The molecular weight excluding hydrogens is 454 g/mol. The van der Waals surface area contributed by atoms with Crippen LogP contribution in [0.5, 0.6) is 11.5 Å². The highest BCUT2D eigenvalue weighted by Crippen LogP contribution is 2.32. The second kappa shape index (κ2) is 8.87. The molecule has 0 bridgehead atoms. The minimum absolute atomic E-state index is 0.0433. The minimum Gasteiger partial charge on any atom is -0.507 e. The number of hydrogen-bond donors (Lipinski definition) is 3. The van der Waals surface area contributed by atoms with Crippen LogP contribution in [-0.2, 0) is 4.79 Å². The van der Waals surface area contributed by atoms with Crippen molar-refractivity contribution in [2.75, 3.05) is 19.0 Å². The largest absolute Gasteiger partial charge is 0.507 e. The van der Waals surface area contributed by atoms with Gasteiger partial charge < -0.3 is 15.2 Å². The molecule has 0 atom stereocenters. The molecule has 132 valence electrons. The van der Waals surface area contributed by atoms with Crippen molar-refractivity contribution in [2.24, 2.45) is 5.10 Å². The molecule has 2 aromatic rings. The second-order valence-electron chi connectivity index (χ2n) is 5.18. The molecule has 1 amide bonds. The zero-order chi connectivity index (χ0) is 18.4. The standard InChI is InChI=1S/C17H17Br2N3O3/c1-10-5-13(18)17(14(19)6-10)20-9-16(24)22-21-8-11-7-12(25-2)3-4-15(11)23/h3-8,20,23H,9H2,1-2H3,(H,22,24)/b21-8+. The van der Waals surface area contributed by atoms with Gasteiger partial charge in [-0.15, -0.1) is 0 Å². The van der Waals surface area contributed by atoms with Gasteiger partial charge >= 0.3 is 0 Å². The fraction of sp³-hybridized carbons (Fsp3) is 0.176. The van der Waals surface area contributed by atoms with E-state index in [-0.39, 0.29) is 18.2 Å². The fourth-order valence-electron chi connectivity index (χ4n) is 2.01. The van der Waals surface area contributed by atoms with Crippen molar-refractivity contribution in [3.05, 3.63) is 50.4 Å². The van der Waals surface area contributed by atoms with E-state index in [1.807, 2.05) is 19.1 Å². The zero-order valence-corrected chi connectivity index (χ0v) is 16.8. The number of benzene rings is 2. The van der Waals surface area contributed by atoms with Crippen molar-refractivity contribution in [2.45, 2.75) is 6.92 Å². The lowest BCUT2D eigenvalue weighted by molar-refractivity contribution is -0.119. The van der Waals surface area contributed by atoms with Gasteiger partial charge in [0.05, 0.1) is 25.6 Å². The van der Waals surface area contributed by atoms with E-state index in [4.69, 9.17) is 4.74 Å². The maximum absolute atomic E-state index is 11.9. The molecule has 0 saturated heterocycles. The monoisotopic (exact) mass is 469 g/mol. The Balaban J connectivity index is 1.93. The first-order chi connectivity index (χ1) is 11.9. The van der Waals surface area contributed by atoms with Crippen LogP contribution in [0.25, 0.3) is 0 Å². The normalized spacial score (nSPS) is 10.7. The Morgan fingerprint density at radius 1 is 1.28 bits per heavy atom. The molecule has 0 aromatic heterocycles. The Bertz CT molecular complexity index is 787. The molecule has 6 nitrogen and oxygen atoms in total. The highest BCUT2D eigenvalue weighted by Gasteiger charge is 2.08. The first-order valence-corrected chi connectivity index (χ1v) is 8.87. The van der Waals surface area contributed by atoms with Crippen molar-refractivity contribution in [3.63, 3.8) is 0 Å². The molecule has 0 radical (unpaired) electrons. The number of hydrogen-bond acceptors (Lipinski definition) is 5. The molecule has 0 aliphatic carbocycles. The average Bonchev–Trinajstić information content (AvgIpc) is 2.55. The number of ether oxygens (including phenoxy) is 1. The summed E-state index contributed by atoms with van der Waals surface area (Å²) in [4.78, 5) is 11.9. The van der Waals surface area contributed by atoms with Crippen LogP contribution in [0.4, 0.5) is 5.69 Å². The lowest BCUT2D eigenvalue weighted by Crippen LogP contribution is -2.26. The van der Waals surface area contributed by atoms with Crippen molar-refractivity contribution < 1.29 is 14.6 Å². The summed E-state index contributed by atoms with van der Waals surface area (Å²) < 4.78 is 6.79. The van der Waals surface area contributed by atoms with Gasteiger partial charge in [0.15, 0.2) is 0 Å². The van der Waals surface area contributed by atoms with Crippen molar-refractivity contribution >= 4 is 49.7 Å². The molecule has 0 unspecified atom stereocenters. The molecule has 0 saturated carbocycles. The zero-order valence-electron chi connectivity index (χ0n) is 13.6. The summed E-state index contributed by atoms with van der Waals surface area (Å²) in [7, 11) is 1.53. The Labute approximate surface area is 162 Å². The molecule has 2 rings (SSSR count). The summed E-state index contributed by atoms with van der Waals surface area (Å²) in [6, 6.07) is 8.65. The summed E-state index contributed by atoms with van der Waals surface area (Å²) in [5.74, 6) is 0.309. The molecule has 3 N–H and O–H groups in total. The van der Waals surface area contributed by atoms with Gasteiger partial charge in [-0.1, -0.05) is 0 Å². The highest BCUT2D eigenvalue weighted by atomic mass is 79.9. The lowest BCUT2D eigenvalue weighted by Gasteiger charge is -2.11. The summed E-state index contributed by atoms with van der Waals surface area (Å²) in [6.07, 6.45) is 1.35. The Kier molecular flexibility index (Phi) is 6.83. The third-order valence-corrected chi connectivity index (χ3v) is 4.49. The van der Waals surface area contributed by atoms with Crippen LogP contribution in [0.1, 0.15) is 11.1 Å². The third kappa shape index (κ3) is 5.47. The average molecular weight is 471 g/mol. The quantitative estimate of drug-likeness (QED) is 0.443. The lowest BCUT2D eigenvalue weighted by atomic mass is 10.2. The van der Waals surface area contributed by atoms with Crippen LogP contribution >= 0.6 is 31.9 Å². The maximum Gasteiger partial charge on any atom is 0.259 e. The highest BCUT2D eigenvalue weighted by molar-refractivity contribution is 9.11. The Morgan fingerprint density at radius 2 is 1.96 bits per heavy atom. The molecule has 0 aliphatic rings. The van der Waals surface area contributed by atoms with Crippen LogP contribution in [0.15, 0.2) is 44.4 Å². The van der Waals surface area contributed by atoms with E-state index in [1.54, 1.807) is 12.1 Å². The fourth-order valence-corrected chi connectivity index (χ4v) is 3.71. The molecule has 0 fully saturated rings.